The molecule has 3 aromatic carbocycles. The van der Waals surface area contributed by atoms with Crippen molar-refractivity contribution in [2.24, 2.45) is 11.8 Å². The van der Waals surface area contributed by atoms with Crippen LogP contribution >= 0.6 is 0 Å². The summed E-state index contributed by atoms with van der Waals surface area (Å²) in [6, 6.07) is 20.3. The van der Waals surface area contributed by atoms with Gasteiger partial charge in [-0.3, -0.25) is 14.4 Å². The Balaban J connectivity index is 1.40. The zero-order valence-corrected chi connectivity index (χ0v) is 28.6. The van der Waals surface area contributed by atoms with E-state index in [1.165, 1.54) is 0 Å². The topological polar surface area (TPSA) is 99.6 Å². The molecule has 0 aliphatic carbocycles. The molecule has 49 heavy (non-hydrogen) atoms. The highest BCUT2D eigenvalue weighted by molar-refractivity contribution is 6.07. The van der Waals surface area contributed by atoms with E-state index in [1.54, 1.807) is 26.9 Å². The molecule has 0 radical (unpaired) electrons. The van der Waals surface area contributed by atoms with E-state index in [4.69, 9.17) is 9.47 Å². The minimum absolute atomic E-state index is 0.0562. The van der Waals surface area contributed by atoms with Gasteiger partial charge in [-0.1, -0.05) is 42.5 Å². The SMILES string of the molecule is C=CCN(C(=O)C1N(CCCCCO)C(=O)[C@@H]2[C@@H](C(=O)N(CC=C)c3ccc(OCC)cc3)[C@@]3(C)CCC12O3)c1ccc2ccccc2c1. The molecule has 9 heteroatoms. The first-order valence-corrected chi connectivity index (χ1v) is 17.4. The van der Waals surface area contributed by atoms with Crippen LogP contribution in [0.1, 0.15) is 46.0 Å². The van der Waals surface area contributed by atoms with Crippen molar-refractivity contribution in [3.05, 3.63) is 92.0 Å². The summed E-state index contributed by atoms with van der Waals surface area (Å²) in [7, 11) is 0. The molecule has 2 unspecified atom stereocenters. The second kappa shape index (κ2) is 14.2. The third-order valence-electron chi connectivity index (χ3n) is 10.5. The number of aliphatic hydroxyl groups is 1. The number of hydrogen-bond acceptors (Lipinski definition) is 6. The molecule has 258 valence electrons. The van der Waals surface area contributed by atoms with E-state index in [0.29, 0.717) is 62.4 Å². The molecule has 3 heterocycles. The zero-order valence-electron chi connectivity index (χ0n) is 28.6. The van der Waals surface area contributed by atoms with Gasteiger partial charge in [-0.25, -0.2) is 0 Å². The van der Waals surface area contributed by atoms with E-state index < -0.39 is 29.1 Å². The molecule has 0 aromatic heterocycles. The van der Waals surface area contributed by atoms with E-state index in [0.717, 1.165) is 10.8 Å². The van der Waals surface area contributed by atoms with Crippen LogP contribution in [0.2, 0.25) is 0 Å². The summed E-state index contributed by atoms with van der Waals surface area (Å²) < 4.78 is 12.6. The number of fused-ring (bicyclic) bond motifs is 2. The van der Waals surface area contributed by atoms with Crippen molar-refractivity contribution in [3.63, 3.8) is 0 Å². The Hall–Kier alpha value is -4.47. The molecule has 0 saturated carbocycles. The van der Waals surface area contributed by atoms with Crippen LogP contribution in [0.3, 0.4) is 0 Å². The Labute approximate surface area is 288 Å². The number of ether oxygens (including phenoxy) is 2. The summed E-state index contributed by atoms with van der Waals surface area (Å²) in [4.78, 5) is 49.5. The molecule has 3 aliphatic heterocycles. The van der Waals surface area contributed by atoms with Gasteiger partial charge in [0, 0.05) is 37.6 Å². The Kier molecular flexibility index (Phi) is 9.95. The van der Waals surface area contributed by atoms with Crippen LogP contribution in [-0.4, -0.2) is 77.8 Å². The quantitative estimate of drug-likeness (QED) is 0.160. The maximum absolute atomic E-state index is 15.0. The second-order valence-electron chi connectivity index (χ2n) is 13.5. The first-order valence-electron chi connectivity index (χ1n) is 17.4. The van der Waals surface area contributed by atoms with Gasteiger partial charge in [0.25, 0.3) is 5.91 Å². The number of anilines is 2. The lowest BCUT2D eigenvalue weighted by Crippen LogP contribution is -2.56. The van der Waals surface area contributed by atoms with Crippen LogP contribution in [0, 0.1) is 11.8 Å². The van der Waals surface area contributed by atoms with Crippen LogP contribution in [0.5, 0.6) is 5.75 Å². The van der Waals surface area contributed by atoms with Crippen LogP contribution in [-0.2, 0) is 19.1 Å². The Morgan fingerprint density at radius 1 is 0.939 bits per heavy atom. The molecule has 3 aliphatic rings. The first kappa shape index (κ1) is 34.4. The van der Waals surface area contributed by atoms with Gasteiger partial charge in [0.1, 0.15) is 17.4 Å². The number of rotatable bonds is 15. The van der Waals surface area contributed by atoms with Crippen molar-refractivity contribution in [3.8, 4) is 5.75 Å². The van der Waals surface area contributed by atoms with Crippen molar-refractivity contribution in [2.75, 3.05) is 42.6 Å². The normalized spacial score (nSPS) is 25.3. The number of hydrogen-bond donors (Lipinski definition) is 1. The molecule has 9 nitrogen and oxygen atoms in total. The van der Waals surface area contributed by atoms with Crippen LogP contribution < -0.4 is 14.5 Å². The molecule has 2 bridgehead atoms. The third-order valence-corrected chi connectivity index (χ3v) is 10.5. The minimum Gasteiger partial charge on any atom is -0.494 e. The van der Waals surface area contributed by atoms with E-state index in [9.17, 15) is 14.7 Å². The molecule has 3 saturated heterocycles. The van der Waals surface area contributed by atoms with Crippen molar-refractivity contribution in [1.29, 1.82) is 0 Å². The highest BCUT2D eigenvalue weighted by atomic mass is 16.5. The summed E-state index contributed by atoms with van der Waals surface area (Å²) in [5.74, 6) is -1.64. The predicted molar refractivity (Wildman–Crippen MR) is 192 cm³/mol. The molecule has 1 spiro atoms. The number of likely N-dealkylation sites (tertiary alicyclic amines) is 1. The monoisotopic (exact) mass is 665 g/mol. The van der Waals surface area contributed by atoms with Gasteiger partial charge < -0.3 is 29.3 Å². The van der Waals surface area contributed by atoms with Crippen molar-refractivity contribution in [1.82, 2.24) is 4.90 Å². The number of aliphatic hydroxyl groups excluding tert-OH is 1. The number of amides is 3. The Morgan fingerprint density at radius 2 is 1.61 bits per heavy atom. The molecule has 3 aromatic rings. The Bertz CT molecular complexity index is 1720. The summed E-state index contributed by atoms with van der Waals surface area (Å²) in [6.45, 7) is 13.1. The number of carbonyl (C=O) groups is 3. The highest BCUT2D eigenvalue weighted by Gasteiger charge is 2.78. The van der Waals surface area contributed by atoms with Crippen molar-refractivity contribution in [2.45, 2.75) is 63.2 Å². The lowest BCUT2D eigenvalue weighted by atomic mass is 9.66. The van der Waals surface area contributed by atoms with Gasteiger partial charge in [0.05, 0.1) is 24.0 Å². The van der Waals surface area contributed by atoms with Gasteiger partial charge in [-0.15, -0.1) is 13.2 Å². The minimum atomic E-state index is -1.17. The lowest BCUT2D eigenvalue weighted by Gasteiger charge is -2.37. The second-order valence-corrected chi connectivity index (χ2v) is 13.5. The first-order chi connectivity index (χ1) is 23.7. The molecule has 5 atom stereocenters. The Morgan fingerprint density at radius 3 is 2.29 bits per heavy atom. The number of unbranched alkanes of at least 4 members (excludes halogenated alkanes) is 2. The average molecular weight is 666 g/mol. The van der Waals surface area contributed by atoms with Crippen molar-refractivity contribution >= 4 is 39.9 Å². The van der Waals surface area contributed by atoms with Gasteiger partial charge in [0.2, 0.25) is 11.8 Å². The van der Waals surface area contributed by atoms with Gasteiger partial charge in [0.15, 0.2) is 0 Å². The molecule has 1 N–H and O–H groups in total. The average Bonchev–Trinajstić information content (AvgIpc) is 3.68. The fraction of sp³-hybridized carbons (Fsp3) is 0.425. The molecular formula is C40H47N3O6. The summed E-state index contributed by atoms with van der Waals surface area (Å²) in [5.41, 5.74) is -0.735. The summed E-state index contributed by atoms with van der Waals surface area (Å²) in [5, 5.41) is 11.5. The molecule has 6 rings (SSSR count). The van der Waals surface area contributed by atoms with Gasteiger partial charge in [-0.2, -0.15) is 0 Å². The smallest absolute Gasteiger partial charge is 0.253 e. The largest absolute Gasteiger partial charge is 0.494 e. The lowest BCUT2D eigenvalue weighted by molar-refractivity contribution is -0.144. The third kappa shape index (κ3) is 6.04. The van der Waals surface area contributed by atoms with Crippen LogP contribution in [0.25, 0.3) is 10.8 Å². The zero-order chi connectivity index (χ0) is 34.8. The van der Waals surface area contributed by atoms with Crippen LogP contribution in [0.4, 0.5) is 11.4 Å². The standard InChI is InChI=1S/C40H47N3O6/c1-5-23-41(30-17-19-32(20-18-30)48-7-3)36(45)33-34-37(46)43(25-11-8-12-26-44)35(40(34)22-21-39(33,4)49-40)38(47)42(24-6-2)31-16-15-28-13-9-10-14-29(28)27-31/h5-6,9-10,13-20,27,33-35,44H,1-2,7-8,11-12,21-26H2,3-4H3/t33-,34-,35?,39+,40?/m0/s1. The van der Waals surface area contributed by atoms with E-state index >= 15 is 4.79 Å². The molecular weight excluding hydrogens is 618 g/mol. The van der Waals surface area contributed by atoms with E-state index in [1.807, 2.05) is 80.6 Å². The molecule has 3 amide bonds. The summed E-state index contributed by atoms with van der Waals surface area (Å²) >= 11 is 0. The maximum Gasteiger partial charge on any atom is 0.253 e. The molecule has 3 fully saturated rings. The van der Waals surface area contributed by atoms with E-state index in [2.05, 4.69) is 13.2 Å². The van der Waals surface area contributed by atoms with Crippen molar-refractivity contribution < 1.29 is 29.0 Å². The fourth-order valence-electron chi connectivity index (χ4n) is 8.34. The maximum atomic E-state index is 15.0. The number of nitrogens with zero attached hydrogens (tertiary/aromatic N) is 3. The highest BCUT2D eigenvalue weighted by Crippen LogP contribution is 2.63. The predicted octanol–water partition coefficient (Wildman–Crippen LogP) is 5.90. The fourth-order valence-corrected chi connectivity index (χ4v) is 8.34. The summed E-state index contributed by atoms with van der Waals surface area (Å²) in [6.07, 6.45) is 6.30. The number of carbonyl (C=O) groups excluding carboxylic acids is 3. The van der Waals surface area contributed by atoms with Crippen LogP contribution in [0.15, 0.2) is 92.0 Å². The van der Waals surface area contributed by atoms with Gasteiger partial charge >= 0.3 is 0 Å². The number of benzene rings is 3. The van der Waals surface area contributed by atoms with E-state index in [-0.39, 0.29) is 37.4 Å². The van der Waals surface area contributed by atoms with Gasteiger partial charge in [-0.05, 0) is 93.1 Å².